The largest absolute Gasteiger partial charge is 0.344 e. The number of aromatic amines is 1. The molecule has 0 atom stereocenters. The Labute approximate surface area is 219 Å². The molecule has 0 bridgehead atoms. The Bertz CT molecular complexity index is 1740. The van der Waals surface area contributed by atoms with Crippen LogP contribution < -0.4 is 5.32 Å². The van der Waals surface area contributed by atoms with Crippen LogP contribution in [0.2, 0.25) is 0 Å². The molecule has 5 aromatic rings. The van der Waals surface area contributed by atoms with E-state index in [2.05, 4.69) is 30.4 Å². The van der Waals surface area contributed by atoms with Gasteiger partial charge in [-0.15, -0.1) is 0 Å². The zero-order valence-electron chi connectivity index (χ0n) is 21.0. The lowest BCUT2D eigenvalue weighted by Crippen LogP contribution is -2.24. The highest BCUT2D eigenvalue weighted by Crippen LogP contribution is 2.33. The summed E-state index contributed by atoms with van der Waals surface area (Å²) in [6, 6.07) is 9.11. The molecule has 198 valence electrons. The second-order valence-electron chi connectivity index (χ2n) is 9.72. The topological polar surface area (TPSA) is 153 Å². The van der Waals surface area contributed by atoms with E-state index in [0.29, 0.717) is 22.5 Å². The van der Waals surface area contributed by atoms with Crippen LogP contribution in [-0.2, 0) is 12.0 Å². The number of carbonyl (C=O) groups is 1. The summed E-state index contributed by atoms with van der Waals surface area (Å²) in [5, 5.41) is 17.8. The molecule has 3 aromatic heterocycles. The maximum absolute atomic E-state index is 15.0. The van der Waals surface area contributed by atoms with Gasteiger partial charge in [-0.1, -0.05) is 38.1 Å². The van der Waals surface area contributed by atoms with Crippen molar-refractivity contribution in [3.05, 3.63) is 87.7 Å². The summed E-state index contributed by atoms with van der Waals surface area (Å²) in [4.78, 5) is 38.8. The highest BCUT2D eigenvalue weighted by molar-refractivity contribution is 5.92. The van der Waals surface area contributed by atoms with Crippen molar-refractivity contribution in [1.82, 2.24) is 30.4 Å². The fraction of sp³-hybridized carbons (Fsp3) is 0.192. The van der Waals surface area contributed by atoms with E-state index in [4.69, 9.17) is 4.52 Å². The predicted octanol–water partition coefficient (Wildman–Crippen LogP) is 5.09. The number of fused-ring (bicyclic) bond motifs is 1. The van der Waals surface area contributed by atoms with Crippen molar-refractivity contribution >= 4 is 22.8 Å². The molecule has 0 fully saturated rings. The molecule has 0 saturated heterocycles. The van der Waals surface area contributed by atoms with Crippen molar-refractivity contribution in [2.45, 2.75) is 32.7 Å². The number of amides is 1. The number of nitrogens with zero attached hydrogens (tertiary/aromatic N) is 5. The summed E-state index contributed by atoms with van der Waals surface area (Å²) >= 11 is 0. The van der Waals surface area contributed by atoms with E-state index in [1.165, 1.54) is 18.3 Å². The van der Waals surface area contributed by atoms with Gasteiger partial charge in [0.25, 0.3) is 5.69 Å². The van der Waals surface area contributed by atoms with Crippen molar-refractivity contribution in [3.8, 4) is 22.5 Å². The Hall–Kier alpha value is -5.07. The number of carbonyl (C=O) groups excluding carboxylic acids is 1. The van der Waals surface area contributed by atoms with Crippen LogP contribution in [0.5, 0.6) is 0 Å². The summed E-state index contributed by atoms with van der Waals surface area (Å²) < 4.78 is 33.9. The van der Waals surface area contributed by atoms with Crippen LogP contribution >= 0.6 is 0 Å². The van der Waals surface area contributed by atoms with Crippen LogP contribution in [0.15, 0.2) is 53.2 Å². The van der Waals surface area contributed by atoms with E-state index in [9.17, 15) is 19.3 Å². The molecular formula is C26H21F2N7O4. The number of nitrogens with one attached hydrogen (secondary N) is 2. The first-order chi connectivity index (χ1) is 18.5. The van der Waals surface area contributed by atoms with Crippen LogP contribution in [-0.4, -0.2) is 35.9 Å². The third-order valence-electron chi connectivity index (χ3n) is 5.89. The van der Waals surface area contributed by atoms with Gasteiger partial charge < -0.3 is 14.8 Å². The number of aromatic nitrogens is 5. The Morgan fingerprint density at radius 1 is 1.10 bits per heavy atom. The average Bonchev–Trinajstić information content (AvgIpc) is 3.55. The standard InChI is InChI=1S/C26H21F2N7O4/c1-26(2,3)25-33-24(39-34-25)23(36)30-12-14-5-4-13(10-18(14)28)16-8-9-29-22-20(16)31-21(32-22)17-11-15(27)6-7-19(17)35(37)38/h4-11H,12H2,1-3H3,(H,30,36)(H,29,31,32). The highest BCUT2D eigenvalue weighted by Gasteiger charge is 2.24. The number of imidazole rings is 1. The quantitative estimate of drug-likeness (QED) is 0.226. The van der Waals surface area contributed by atoms with Crippen LogP contribution in [0.3, 0.4) is 0 Å². The van der Waals surface area contributed by atoms with Crippen molar-refractivity contribution in [2.75, 3.05) is 0 Å². The van der Waals surface area contributed by atoms with E-state index in [0.717, 1.165) is 18.2 Å². The first-order valence-electron chi connectivity index (χ1n) is 11.7. The smallest absolute Gasteiger partial charge is 0.315 e. The van der Waals surface area contributed by atoms with Crippen LogP contribution in [0, 0.1) is 21.7 Å². The van der Waals surface area contributed by atoms with Gasteiger partial charge in [0.05, 0.1) is 10.5 Å². The molecule has 3 heterocycles. The molecule has 0 radical (unpaired) electrons. The van der Waals surface area contributed by atoms with E-state index >= 15 is 4.39 Å². The fourth-order valence-corrected chi connectivity index (χ4v) is 3.86. The van der Waals surface area contributed by atoms with Crippen LogP contribution in [0.4, 0.5) is 14.5 Å². The number of hydrogen-bond acceptors (Lipinski definition) is 8. The van der Waals surface area contributed by atoms with E-state index in [1.54, 1.807) is 12.1 Å². The van der Waals surface area contributed by atoms with Gasteiger partial charge in [0.1, 0.15) is 23.0 Å². The van der Waals surface area contributed by atoms with Crippen molar-refractivity contribution in [1.29, 1.82) is 0 Å². The Morgan fingerprint density at radius 2 is 1.90 bits per heavy atom. The third-order valence-corrected chi connectivity index (χ3v) is 5.89. The summed E-state index contributed by atoms with van der Waals surface area (Å²) in [6.07, 6.45) is 1.47. The van der Waals surface area contributed by atoms with Gasteiger partial charge in [-0.2, -0.15) is 4.98 Å². The van der Waals surface area contributed by atoms with Gasteiger partial charge in [0.15, 0.2) is 11.5 Å². The molecule has 11 nitrogen and oxygen atoms in total. The summed E-state index contributed by atoms with van der Waals surface area (Å²) in [6.45, 7) is 5.51. The van der Waals surface area contributed by atoms with Crippen LogP contribution in [0.25, 0.3) is 33.7 Å². The first kappa shape index (κ1) is 25.6. The molecule has 0 aliphatic carbocycles. The highest BCUT2D eigenvalue weighted by atomic mass is 19.1. The number of benzene rings is 2. The molecular weight excluding hydrogens is 512 g/mol. The molecule has 39 heavy (non-hydrogen) atoms. The normalized spacial score (nSPS) is 11.6. The molecule has 5 rings (SSSR count). The summed E-state index contributed by atoms with van der Waals surface area (Å²) in [7, 11) is 0. The second-order valence-corrected chi connectivity index (χ2v) is 9.72. The number of hydrogen-bond donors (Lipinski definition) is 2. The van der Waals surface area contributed by atoms with Gasteiger partial charge >= 0.3 is 11.8 Å². The minimum Gasteiger partial charge on any atom is -0.344 e. The molecule has 1 amide bonds. The molecule has 0 spiro atoms. The molecule has 0 unspecified atom stereocenters. The molecule has 0 saturated carbocycles. The number of pyridine rings is 1. The van der Waals surface area contributed by atoms with Gasteiger partial charge in [0, 0.05) is 35.3 Å². The SMILES string of the molecule is CC(C)(C)c1noc(C(=O)NCc2ccc(-c3ccnc4[nH]c(-c5cc(F)ccc5[N+](=O)[O-])nc34)cc2F)n1. The third kappa shape index (κ3) is 5.06. The predicted molar refractivity (Wildman–Crippen MR) is 135 cm³/mol. The van der Waals surface area contributed by atoms with Crippen LogP contribution in [0.1, 0.15) is 42.8 Å². The number of rotatable bonds is 6. The van der Waals surface area contributed by atoms with Crippen molar-refractivity contribution in [3.63, 3.8) is 0 Å². The van der Waals surface area contributed by atoms with Gasteiger partial charge in [-0.3, -0.25) is 14.9 Å². The van der Waals surface area contributed by atoms with Gasteiger partial charge in [0.2, 0.25) is 0 Å². The van der Waals surface area contributed by atoms with E-state index in [1.807, 2.05) is 20.8 Å². The van der Waals surface area contributed by atoms with Gasteiger partial charge in [-0.05, 0) is 29.8 Å². The zero-order chi connectivity index (χ0) is 27.9. The minimum absolute atomic E-state index is 0.0444. The lowest BCUT2D eigenvalue weighted by Gasteiger charge is -2.10. The first-order valence-corrected chi connectivity index (χ1v) is 11.7. The molecule has 13 heteroatoms. The maximum Gasteiger partial charge on any atom is 0.315 e. The number of nitro benzene ring substituents is 1. The number of nitro groups is 1. The molecule has 2 N–H and O–H groups in total. The fourth-order valence-electron chi connectivity index (χ4n) is 3.86. The monoisotopic (exact) mass is 533 g/mol. The summed E-state index contributed by atoms with van der Waals surface area (Å²) in [5.41, 5.74) is 0.992. The van der Waals surface area contributed by atoms with E-state index < -0.39 is 27.9 Å². The molecule has 0 aliphatic rings. The Balaban J connectivity index is 1.40. The Kier molecular flexibility index (Phi) is 6.34. The molecule has 0 aliphatic heterocycles. The lowest BCUT2D eigenvalue weighted by atomic mass is 9.96. The molecule has 2 aromatic carbocycles. The lowest BCUT2D eigenvalue weighted by molar-refractivity contribution is -0.384. The Morgan fingerprint density at radius 3 is 2.59 bits per heavy atom. The average molecular weight is 533 g/mol. The van der Waals surface area contributed by atoms with E-state index in [-0.39, 0.29) is 40.7 Å². The number of H-pyrrole nitrogens is 1. The number of halogens is 2. The minimum atomic E-state index is -0.664. The summed E-state index contributed by atoms with van der Waals surface area (Å²) in [5.74, 6) is -1.68. The maximum atomic E-state index is 15.0. The van der Waals surface area contributed by atoms with Crippen molar-refractivity contribution < 1.29 is 23.0 Å². The zero-order valence-corrected chi connectivity index (χ0v) is 21.0. The second kappa shape index (κ2) is 9.67. The van der Waals surface area contributed by atoms with Crippen molar-refractivity contribution in [2.24, 2.45) is 0 Å². The van der Waals surface area contributed by atoms with Gasteiger partial charge in [-0.25, -0.2) is 18.7 Å².